The molecule has 1 atom stereocenters. The molecule has 3 nitrogen and oxygen atoms in total. The quantitative estimate of drug-likeness (QED) is 0.903. The zero-order valence-electron chi connectivity index (χ0n) is 11.4. The van der Waals surface area contributed by atoms with Crippen LogP contribution in [0, 0.1) is 0 Å². The summed E-state index contributed by atoms with van der Waals surface area (Å²) in [6.45, 7) is 2.24. The Hall–Kier alpha value is -1.35. The molecule has 1 N–H and O–H groups in total. The molecule has 3 heteroatoms. The van der Waals surface area contributed by atoms with E-state index in [1.807, 2.05) is 0 Å². The van der Waals surface area contributed by atoms with E-state index in [1.165, 1.54) is 17.5 Å². The number of carboxylic acids is 1. The third-order valence-electron chi connectivity index (χ3n) is 4.71. The summed E-state index contributed by atoms with van der Waals surface area (Å²) in [5, 5.41) is 9.14. The Balaban J connectivity index is 1.92. The largest absolute Gasteiger partial charge is 0.481 e. The van der Waals surface area contributed by atoms with Crippen LogP contribution in [0.5, 0.6) is 0 Å². The van der Waals surface area contributed by atoms with Gasteiger partial charge in [0.15, 0.2) is 0 Å². The lowest BCUT2D eigenvalue weighted by atomic mass is 9.83. The average molecular weight is 259 g/mol. The standard InChI is InChI=1S/C16H21NO2/c1-17-9-6-12(11-17)13-4-2-3-5-14(13)16(7-8-16)10-15(18)19/h2-5,12H,6-11H2,1H3,(H,18,19). The summed E-state index contributed by atoms with van der Waals surface area (Å²) in [4.78, 5) is 13.5. The summed E-state index contributed by atoms with van der Waals surface area (Å²) in [5.74, 6) is -0.0942. The van der Waals surface area contributed by atoms with Gasteiger partial charge in [-0.25, -0.2) is 0 Å². The van der Waals surface area contributed by atoms with Crippen molar-refractivity contribution in [1.82, 2.24) is 4.90 Å². The van der Waals surface area contributed by atoms with Gasteiger partial charge in [-0.1, -0.05) is 24.3 Å². The maximum Gasteiger partial charge on any atom is 0.304 e. The predicted octanol–water partition coefficient (Wildman–Crippen LogP) is 2.61. The highest BCUT2D eigenvalue weighted by molar-refractivity contribution is 5.70. The number of hydrogen-bond acceptors (Lipinski definition) is 2. The molecule has 1 heterocycles. The first-order chi connectivity index (χ1) is 9.11. The van der Waals surface area contributed by atoms with Crippen LogP contribution in [-0.4, -0.2) is 36.1 Å². The van der Waals surface area contributed by atoms with Gasteiger partial charge >= 0.3 is 5.97 Å². The second-order valence-electron chi connectivity index (χ2n) is 6.19. The van der Waals surface area contributed by atoms with Crippen LogP contribution < -0.4 is 0 Å². The van der Waals surface area contributed by atoms with E-state index >= 15 is 0 Å². The summed E-state index contributed by atoms with van der Waals surface area (Å²) in [6, 6.07) is 8.51. The van der Waals surface area contributed by atoms with Gasteiger partial charge in [0, 0.05) is 12.0 Å². The molecule has 1 aromatic rings. The monoisotopic (exact) mass is 259 g/mol. The summed E-state index contributed by atoms with van der Waals surface area (Å²) < 4.78 is 0. The van der Waals surface area contributed by atoms with E-state index in [-0.39, 0.29) is 11.8 Å². The van der Waals surface area contributed by atoms with Gasteiger partial charge in [-0.05, 0) is 49.9 Å². The predicted molar refractivity (Wildman–Crippen MR) is 74.5 cm³/mol. The van der Waals surface area contributed by atoms with Crippen molar-refractivity contribution >= 4 is 5.97 Å². The molecular weight excluding hydrogens is 238 g/mol. The molecule has 3 rings (SSSR count). The lowest BCUT2D eigenvalue weighted by molar-refractivity contribution is -0.137. The summed E-state index contributed by atoms with van der Waals surface area (Å²) in [5.41, 5.74) is 2.63. The molecule has 0 radical (unpaired) electrons. The number of nitrogens with zero attached hydrogens (tertiary/aromatic N) is 1. The Morgan fingerprint density at radius 2 is 2.16 bits per heavy atom. The molecule has 102 valence electrons. The number of hydrogen-bond donors (Lipinski definition) is 1. The molecule has 0 aromatic heterocycles. The van der Waals surface area contributed by atoms with E-state index in [2.05, 4.69) is 36.2 Å². The van der Waals surface area contributed by atoms with Gasteiger partial charge in [-0.2, -0.15) is 0 Å². The number of rotatable bonds is 4. The van der Waals surface area contributed by atoms with Crippen LogP contribution >= 0.6 is 0 Å². The number of aliphatic carboxylic acids is 1. The maximum atomic E-state index is 11.1. The van der Waals surface area contributed by atoms with Crippen LogP contribution in [0.4, 0.5) is 0 Å². The second kappa shape index (κ2) is 4.64. The molecule has 0 spiro atoms. The molecule has 0 amide bonds. The Labute approximate surface area is 114 Å². The maximum absolute atomic E-state index is 11.1. The first kappa shape index (κ1) is 12.7. The third-order valence-corrected chi connectivity index (χ3v) is 4.71. The number of carbonyl (C=O) groups is 1. The van der Waals surface area contributed by atoms with Crippen molar-refractivity contribution in [3.63, 3.8) is 0 Å². The van der Waals surface area contributed by atoms with Crippen molar-refractivity contribution in [3.8, 4) is 0 Å². The smallest absolute Gasteiger partial charge is 0.304 e. The van der Waals surface area contributed by atoms with Crippen LogP contribution in [-0.2, 0) is 10.2 Å². The number of carboxylic acid groups (broad SMARTS) is 1. The SMILES string of the molecule is CN1CCC(c2ccccc2C2(CC(=O)O)CC2)C1. The van der Waals surface area contributed by atoms with Crippen molar-refractivity contribution < 1.29 is 9.90 Å². The van der Waals surface area contributed by atoms with E-state index in [0.717, 1.165) is 25.9 Å². The molecule has 1 aromatic carbocycles. The summed E-state index contributed by atoms with van der Waals surface area (Å²) in [6.07, 6.45) is 3.53. The zero-order valence-corrected chi connectivity index (χ0v) is 11.4. The van der Waals surface area contributed by atoms with Crippen LogP contribution in [0.3, 0.4) is 0 Å². The molecule has 1 saturated heterocycles. The molecule has 1 unspecified atom stereocenters. The van der Waals surface area contributed by atoms with Gasteiger partial charge in [0.2, 0.25) is 0 Å². The van der Waals surface area contributed by atoms with Crippen LogP contribution in [0.15, 0.2) is 24.3 Å². The van der Waals surface area contributed by atoms with E-state index in [0.29, 0.717) is 5.92 Å². The van der Waals surface area contributed by atoms with Crippen molar-refractivity contribution in [3.05, 3.63) is 35.4 Å². The summed E-state index contributed by atoms with van der Waals surface area (Å²) in [7, 11) is 2.16. The van der Waals surface area contributed by atoms with Gasteiger partial charge in [0.25, 0.3) is 0 Å². The zero-order chi connectivity index (χ0) is 13.5. The molecule has 2 aliphatic rings. The molecule has 19 heavy (non-hydrogen) atoms. The Kier molecular flexibility index (Phi) is 3.09. The minimum atomic E-state index is -0.671. The highest BCUT2D eigenvalue weighted by Gasteiger charge is 2.47. The lowest BCUT2D eigenvalue weighted by Gasteiger charge is -2.21. The number of likely N-dealkylation sites (N-methyl/N-ethyl adjacent to an activating group) is 1. The van der Waals surface area contributed by atoms with Crippen LogP contribution in [0.25, 0.3) is 0 Å². The molecule has 0 bridgehead atoms. The Bertz CT molecular complexity index is 493. The minimum absolute atomic E-state index is 0.0659. The second-order valence-corrected chi connectivity index (χ2v) is 6.19. The molecule has 1 aliphatic heterocycles. The molecule has 1 saturated carbocycles. The fourth-order valence-electron chi connectivity index (χ4n) is 3.51. The van der Waals surface area contributed by atoms with Gasteiger partial charge in [-0.15, -0.1) is 0 Å². The molecule has 1 aliphatic carbocycles. The van der Waals surface area contributed by atoms with E-state index in [4.69, 9.17) is 5.11 Å². The van der Waals surface area contributed by atoms with Crippen LogP contribution in [0.1, 0.15) is 42.7 Å². The van der Waals surface area contributed by atoms with Gasteiger partial charge in [0.1, 0.15) is 0 Å². The average Bonchev–Trinajstić information content (AvgIpc) is 3.01. The highest BCUT2D eigenvalue weighted by atomic mass is 16.4. The van der Waals surface area contributed by atoms with Crippen molar-refractivity contribution in [1.29, 1.82) is 0 Å². The van der Waals surface area contributed by atoms with Gasteiger partial charge < -0.3 is 10.0 Å². The third kappa shape index (κ3) is 2.39. The van der Waals surface area contributed by atoms with E-state index < -0.39 is 5.97 Å². The Morgan fingerprint density at radius 3 is 2.74 bits per heavy atom. The topological polar surface area (TPSA) is 40.5 Å². The Morgan fingerprint density at radius 1 is 1.42 bits per heavy atom. The van der Waals surface area contributed by atoms with Gasteiger partial charge in [0.05, 0.1) is 6.42 Å². The van der Waals surface area contributed by atoms with E-state index in [1.54, 1.807) is 0 Å². The number of benzene rings is 1. The molecular formula is C16H21NO2. The van der Waals surface area contributed by atoms with Crippen molar-refractivity contribution in [2.24, 2.45) is 0 Å². The number of likely N-dealkylation sites (tertiary alicyclic amines) is 1. The van der Waals surface area contributed by atoms with Gasteiger partial charge in [-0.3, -0.25) is 4.79 Å². The van der Waals surface area contributed by atoms with E-state index in [9.17, 15) is 4.79 Å². The fourth-order valence-corrected chi connectivity index (χ4v) is 3.51. The van der Waals surface area contributed by atoms with Crippen LogP contribution in [0.2, 0.25) is 0 Å². The highest BCUT2D eigenvalue weighted by Crippen LogP contribution is 2.53. The van der Waals surface area contributed by atoms with Crippen molar-refractivity contribution in [2.75, 3.05) is 20.1 Å². The normalized spacial score (nSPS) is 25.4. The molecule has 2 fully saturated rings. The first-order valence-electron chi connectivity index (χ1n) is 7.10. The summed E-state index contributed by atoms with van der Waals surface area (Å²) >= 11 is 0. The minimum Gasteiger partial charge on any atom is -0.481 e. The fraction of sp³-hybridized carbons (Fsp3) is 0.562. The first-order valence-corrected chi connectivity index (χ1v) is 7.10. The van der Waals surface area contributed by atoms with Crippen molar-refractivity contribution in [2.45, 2.75) is 37.0 Å². The lowest BCUT2D eigenvalue weighted by Crippen LogP contribution is -2.18.